The lowest BCUT2D eigenvalue weighted by Crippen LogP contribution is -2.49. The van der Waals surface area contributed by atoms with E-state index in [1.165, 1.54) is 0 Å². The summed E-state index contributed by atoms with van der Waals surface area (Å²) in [6.45, 7) is 3.44. The monoisotopic (exact) mass is 276 g/mol. The summed E-state index contributed by atoms with van der Waals surface area (Å²) in [5.41, 5.74) is 5.99. The molecule has 1 fully saturated rings. The van der Waals surface area contributed by atoms with Crippen LogP contribution in [0.4, 0.5) is 5.69 Å². The maximum Gasteiger partial charge on any atom is 0.305 e. The molecule has 4 N–H and O–H groups in total. The minimum Gasteiger partial charge on any atom is -0.481 e. The second-order valence-corrected chi connectivity index (χ2v) is 6.11. The highest BCUT2D eigenvalue weighted by molar-refractivity contribution is 5.92. The van der Waals surface area contributed by atoms with E-state index in [1.807, 2.05) is 12.1 Å². The van der Waals surface area contributed by atoms with Gasteiger partial charge in [0.15, 0.2) is 0 Å². The molecule has 1 amide bonds. The van der Waals surface area contributed by atoms with Crippen LogP contribution in [-0.4, -0.2) is 22.5 Å². The van der Waals surface area contributed by atoms with Crippen molar-refractivity contribution in [2.45, 2.75) is 44.1 Å². The van der Waals surface area contributed by atoms with Crippen molar-refractivity contribution < 1.29 is 14.7 Å². The third-order valence-corrected chi connectivity index (χ3v) is 3.69. The largest absolute Gasteiger partial charge is 0.481 e. The quantitative estimate of drug-likeness (QED) is 0.713. The molecule has 0 spiro atoms. The highest BCUT2D eigenvalue weighted by Gasteiger charge is 2.52. The topological polar surface area (TPSA) is 92.4 Å². The standard InChI is InChI=1S/C15H20N2O3/c1-14(2,9-12(18)19)17-13(20)15(7-8-15)10-3-5-11(16)6-4-10/h3-6H,7-9,16H2,1-2H3,(H,17,20)(H,18,19). The third kappa shape index (κ3) is 2.92. The number of hydrogen-bond donors (Lipinski definition) is 3. The highest BCUT2D eigenvalue weighted by Crippen LogP contribution is 2.48. The van der Waals surface area contributed by atoms with E-state index in [4.69, 9.17) is 10.8 Å². The Kier molecular flexibility index (Phi) is 3.46. The Morgan fingerprint density at radius 1 is 1.30 bits per heavy atom. The number of carbonyl (C=O) groups excluding carboxylic acids is 1. The zero-order valence-electron chi connectivity index (χ0n) is 11.8. The number of benzene rings is 1. The van der Waals surface area contributed by atoms with Gasteiger partial charge in [0, 0.05) is 11.2 Å². The number of hydrogen-bond acceptors (Lipinski definition) is 3. The number of carboxylic acid groups (broad SMARTS) is 1. The van der Waals surface area contributed by atoms with Crippen LogP contribution in [0, 0.1) is 0 Å². The van der Waals surface area contributed by atoms with Gasteiger partial charge in [-0.25, -0.2) is 0 Å². The van der Waals surface area contributed by atoms with Crippen LogP contribution >= 0.6 is 0 Å². The summed E-state index contributed by atoms with van der Waals surface area (Å²) in [7, 11) is 0. The lowest BCUT2D eigenvalue weighted by Gasteiger charge is -2.27. The number of nitrogen functional groups attached to an aromatic ring is 1. The number of amides is 1. The van der Waals surface area contributed by atoms with Crippen LogP contribution in [0.5, 0.6) is 0 Å². The average Bonchev–Trinajstić information content (AvgIpc) is 3.08. The van der Waals surface area contributed by atoms with Crippen molar-refractivity contribution in [2.75, 3.05) is 5.73 Å². The number of rotatable bonds is 5. The fourth-order valence-corrected chi connectivity index (χ4v) is 2.42. The van der Waals surface area contributed by atoms with Crippen LogP contribution in [0.25, 0.3) is 0 Å². The molecule has 0 aromatic heterocycles. The zero-order chi connectivity index (χ0) is 15.0. The molecule has 108 valence electrons. The van der Waals surface area contributed by atoms with Gasteiger partial charge in [-0.2, -0.15) is 0 Å². The van der Waals surface area contributed by atoms with E-state index in [1.54, 1.807) is 26.0 Å². The number of nitrogens with two attached hydrogens (primary N) is 1. The molecule has 5 heteroatoms. The molecule has 0 radical (unpaired) electrons. The Bertz CT molecular complexity index is 531. The number of nitrogens with one attached hydrogen (secondary N) is 1. The van der Waals surface area contributed by atoms with Gasteiger partial charge in [0.1, 0.15) is 0 Å². The second kappa shape index (κ2) is 4.81. The fraction of sp³-hybridized carbons (Fsp3) is 0.467. The Morgan fingerprint density at radius 3 is 2.30 bits per heavy atom. The van der Waals surface area contributed by atoms with E-state index in [0.717, 1.165) is 18.4 Å². The van der Waals surface area contributed by atoms with Crippen molar-refractivity contribution in [3.63, 3.8) is 0 Å². The van der Waals surface area contributed by atoms with Gasteiger partial charge in [0.05, 0.1) is 11.8 Å². The van der Waals surface area contributed by atoms with Crippen molar-refractivity contribution in [1.82, 2.24) is 5.32 Å². The van der Waals surface area contributed by atoms with Crippen molar-refractivity contribution in [1.29, 1.82) is 0 Å². The van der Waals surface area contributed by atoms with Gasteiger partial charge >= 0.3 is 5.97 Å². The molecule has 1 aromatic rings. The Morgan fingerprint density at radius 2 is 1.85 bits per heavy atom. The molecule has 1 aromatic carbocycles. The van der Waals surface area contributed by atoms with E-state index in [0.29, 0.717) is 5.69 Å². The lowest BCUT2D eigenvalue weighted by molar-refractivity contribution is -0.138. The van der Waals surface area contributed by atoms with Gasteiger partial charge in [-0.1, -0.05) is 12.1 Å². The number of anilines is 1. The van der Waals surface area contributed by atoms with Gasteiger partial charge in [0.2, 0.25) is 5.91 Å². The summed E-state index contributed by atoms with van der Waals surface area (Å²) in [6, 6.07) is 7.30. The molecule has 0 aliphatic heterocycles. The lowest BCUT2D eigenvalue weighted by atomic mass is 9.92. The predicted molar refractivity (Wildman–Crippen MR) is 76.2 cm³/mol. The SMILES string of the molecule is CC(C)(CC(=O)O)NC(=O)C1(c2ccc(N)cc2)CC1. The maximum atomic E-state index is 12.5. The summed E-state index contributed by atoms with van der Waals surface area (Å²) in [5.74, 6) is -1.03. The van der Waals surface area contributed by atoms with E-state index in [9.17, 15) is 9.59 Å². The normalized spacial score (nSPS) is 16.5. The van der Waals surface area contributed by atoms with Crippen LogP contribution in [0.2, 0.25) is 0 Å². The van der Waals surface area contributed by atoms with Crippen molar-refractivity contribution >= 4 is 17.6 Å². The summed E-state index contributed by atoms with van der Waals surface area (Å²) in [6.07, 6.45) is 1.47. The minimum atomic E-state index is -0.923. The summed E-state index contributed by atoms with van der Waals surface area (Å²) in [5, 5.41) is 11.7. The van der Waals surface area contributed by atoms with Crippen LogP contribution in [0.1, 0.15) is 38.7 Å². The molecule has 2 rings (SSSR count). The molecule has 0 bridgehead atoms. The van der Waals surface area contributed by atoms with Crippen LogP contribution < -0.4 is 11.1 Å². The molecule has 0 saturated heterocycles. The summed E-state index contributed by atoms with van der Waals surface area (Å²) >= 11 is 0. The van der Waals surface area contributed by atoms with Gasteiger partial charge in [-0.05, 0) is 44.4 Å². The van der Waals surface area contributed by atoms with Crippen LogP contribution in [0.3, 0.4) is 0 Å². The van der Waals surface area contributed by atoms with Crippen molar-refractivity contribution in [3.05, 3.63) is 29.8 Å². The Balaban J connectivity index is 2.13. The first-order chi connectivity index (χ1) is 9.25. The van der Waals surface area contributed by atoms with Gasteiger partial charge in [-0.15, -0.1) is 0 Å². The molecular formula is C15H20N2O3. The third-order valence-electron chi connectivity index (χ3n) is 3.69. The van der Waals surface area contributed by atoms with E-state index in [-0.39, 0.29) is 12.3 Å². The fourth-order valence-electron chi connectivity index (χ4n) is 2.42. The first kappa shape index (κ1) is 14.4. The van der Waals surface area contributed by atoms with Crippen molar-refractivity contribution in [2.24, 2.45) is 0 Å². The van der Waals surface area contributed by atoms with Crippen molar-refractivity contribution in [3.8, 4) is 0 Å². The zero-order valence-corrected chi connectivity index (χ0v) is 11.8. The molecular weight excluding hydrogens is 256 g/mol. The highest BCUT2D eigenvalue weighted by atomic mass is 16.4. The van der Waals surface area contributed by atoms with Gasteiger partial charge in [0.25, 0.3) is 0 Å². The van der Waals surface area contributed by atoms with E-state index in [2.05, 4.69) is 5.32 Å². The number of carbonyl (C=O) groups is 2. The van der Waals surface area contributed by atoms with E-state index >= 15 is 0 Å². The maximum absolute atomic E-state index is 12.5. The van der Waals surface area contributed by atoms with Crippen LogP contribution in [-0.2, 0) is 15.0 Å². The number of carboxylic acids is 1. The molecule has 1 saturated carbocycles. The molecule has 1 aliphatic rings. The molecule has 1 aliphatic carbocycles. The Hall–Kier alpha value is -2.04. The first-order valence-electron chi connectivity index (χ1n) is 6.66. The molecule has 5 nitrogen and oxygen atoms in total. The van der Waals surface area contributed by atoms with Gasteiger partial charge in [-0.3, -0.25) is 9.59 Å². The summed E-state index contributed by atoms with van der Waals surface area (Å²) in [4.78, 5) is 23.3. The second-order valence-electron chi connectivity index (χ2n) is 6.11. The smallest absolute Gasteiger partial charge is 0.305 e. The van der Waals surface area contributed by atoms with Crippen LogP contribution in [0.15, 0.2) is 24.3 Å². The Labute approximate surface area is 118 Å². The average molecular weight is 276 g/mol. The molecule has 0 heterocycles. The van der Waals surface area contributed by atoms with Gasteiger partial charge < -0.3 is 16.2 Å². The van der Waals surface area contributed by atoms with E-state index < -0.39 is 16.9 Å². The number of aliphatic carboxylic acids is 1. The molecule has 20 heavy (non-hydrogen) atoms. The first-order valence-corrected chi connectivity index (χ1v) is 6.66. The predicted octanol–water partition coefficient (Wildman–Crippen LogP) is 1.67. The molecule has 0 unspecified atom stereocenters. The molecule has 0 atom stereocenters. The summed E-state index contributed by atoms with van der Waals surface area (Å²) < 4.78 is 0. The minimum absolute atomic E-state index is 0.101.